The van der Waals surface area contributed by atoms with Gasteiger partial charge in [-0.1, -0.05) is 18.2 Å². The molecule has 2 aliphatic rings. The predicted molar refractivity (Wildman–Crippen MR) is 109 cm³/mol. The van der Waals surface area contributed by atoms with Crippen molar-refractivity contribution in [3.63, 3.8) is 0 Å². The van der Waals surface area contributed by atoms with Gasteiger partial charge in [-0.3, -0.25) is 9.78 Å². The first-order chi connectivity index (χ1) is 14.0. The molecule has 2 aromatic rings. The number of benzene rings is 1. The Morgan fingerprint density at radius 1 is 1.24 bits per heavy atom. The third-order valence-corrected chi connectivity index (χ3v) is 5.96. The smallest absolute Gasteiger partial charge is 0.254 e. The van der Waals surface area contributed by atoms with Crippen LogP contribution in [0.3, 0.4) is 0 Å². The molecule has 2 saturated heterocycles. The normalized spacial score (nSPS) is 22.0. The third-order valence-electron chi connectivity index (χ3n) is 5.96. The molecular formula is C23H28FN3O2. The van der Waals surface area contributed by atoms with Gasteiger partial charge < -0.3 is 14.5 Å². The molecule has 4 rings (SSSR count). The second kappa shape index (κ2) is 8.59. The summed E-state index contributed by atoms with van der Waals surface area (Å²) in [5.41, 5.74) is 1.39. The number of morpholine rings is 1. The maximum Gasteiger partial charge on any atom is 0.254 e. The van der Waals surface area contributed by atoms with E-state index in [0.29, 0.717) is 13.1 Å². The standard InChI is InChI=1S/C23H28FN3O2/c1-18-16-27(22(28)20-5-3-2-4-6-20)17-23(29-18)8-11-26(12-9-23)10-7-19-13-21(24)15-25-14-19/h2-6,13-15,18H,7-12,16-17H2,1H3. The van der Waals surface area contributed by atoms with Crippen molar-refractivity contribution in [3.8, 4) is 0 Å². The molecule has 1 unspecified atom stereocenters. The molecule has 1 spiro atoms. The lowest BCUT2D eigenvalue weighted by molar-refractivity contribution is -0.161. The largest absolute Gasteiger partial charge is 0.368 e. The molecule has 29 heavy (non-hydrogen) atoms. The zero-order valence-electron chi connectivity index (χ0n) is 16.9. The van der Waals surface area contributed by atoms with Crippen LogP contribution in [-0.2, 0) is 11.2 Å². The van der Waals surface area contributed by atoms with E-state index < -0.39 is 0 Å². The van der Waals surface area contributed by atoms with E-state index in [0.717, 1.165) is 50.0 Å². The SMILES string of the molecule is CC1CN(C(=O)c2ccccc2)CC2(CCN(CCc3cncc(F)c3)CC2)O1. The first-order valence-electron chi connectivity index (χ1n) is 10.4. The number of hydrogen-bond donors (Lipinski definition) is 0. The van der Waals surface area contributed by atoms with Gasteiger partial charge in [0.1, 0.15) is 5.82 Å². The summed E-state index contributed by atoms with van der Waals surface area (Å²) >= 11 is 0. The van der Waals surface area contributed by atoms with Crippen LogP contribution in [0.5, 0.6) is 0 Å². The van der Waals surface area contributed by atoms with Gasteiger partial charge in [0.25, 0.3) is 5.91 Å². The summed E-state index contributed by atoms with van der Waals surface area (Å²) in [5, 5.41) is 0. The number of carbonyl (C=O) groups excluding carboxylic acids is 1. The van der Waals surface area contributed by atoms with E-state index in [4.69, 9.17) is 4.74 Å². The van der Waals surface area contributed by atoms with Crippen molar-refractivity contribution in [1.29, 1.82) is 0 Å². The number of aromatic nitrogens is 1. The van der Waals surface area contributed by atoms with Gasteiger partial charge in [-0.15, -0.1) is 0 Å². The number of rotatable bonds is 4. The van der Waals surface area contributed by atoms with Crippen LogP contribution in [0.15, 0.2) is 48.8 Å². The van der Waals surface area contributed by atoms with Gasteiger partial charge in [0.2, 0.25) is 0 Å². The van der Waals surface area contributed by atoms with Crippen LogP contribution >= 0.6 is 0 Å². The second-order valence-electron chi connectivity index (χ2n) is 8.27. The number of likely N-dealkylation sites (tertiary alicyclic amines) is 1. The molecule has 0 saturated carbocycles. The van der Waals surface area contributed by atoms with E-state index in [-0.39, 0.29) is 23.4 Å². The Balaban J connectivity index is 1.34. The summed E-state index contributed by atoms with van der Waals surface area (Å²) in [6, 6.07) is 11.0. The van der Waals surface area contributed by atoms with Gasteiger partial charge in [0, 0.05) is 37.9 Å². The first kappa shape index (κ1) is 20.0. The highest BCUT2D eigenvalue weighted by molar-refractivity contribution is 5.94. The maximum atomic E-state index is 13.3. The van der Waals surface area contributed by atoms with Gasteiger partial charge in [-0.2, -0.15) is 0 Å². The summed E-state index contributed by atoms with van der Waals surface area (Å²) in [5.74, 6) is -0.200. The Morgan fingerprint density at radius 3 is 2.72 bits per heavy atom. The number of amides is 1. The lowest BCUT2D eigenvalue weighted by Crippen LogP contribution is -2.60. The number of carbonyl (C=O) groups is 1. The van der Waals surface area contributed by atoms with E-state index in [9.17, 15) is 9.18 Å². The van der Waals surface area contributed by atoms with Gasteiger partial charge in [-0.05, 0) is 49.9 Å². The highest BCUT2D eigenvalue weighted by Crippen LogP contribution is 2.33. The Kier molecular flexibility index (Phi) is 5.92. The van der Waals surface area contributed by atoms with Crippen LogP contribution in [0.2, 0.25) is 0 Å². The van der Waals surface area contributed by atoms with Crippen LogP contribution < -0.4 is 0 Å². The van der Waals surface area contributed by atoms with Crippen molar-refractivity contribution in [3.05, 3.63) is 65.7 Å². The average molecular weight is 397 g/mol. The minimum Gasteiger partial charge on any atom is -0.368 e. The third kappa shape index (κ3) is 4.82. The number of hydrogen-bond acceptors (Lipinski definition) is 4. The van der Waals surface area contributed by atoms with Crippen molar-refractivity contribution >= 4 is 5.91 Å². The molecule has 2 aliphatic heterocycles. The molecule has 3 heterocycles. The molecule has 2 fully saturated rings. The quantitative estimate of drug-likeness (QED) is 0.795. The summed E-state index contributed by atoms with van der Waals surface area (Å²) < 4.78 is 19.7. The summed E-state index contributed by atoms with van der Waals surface area (Å²) in [7, 11) is 0. The van der Waals surface area contributed by atoms with E-state index in [1.807, 2.05) is 35.2 Å². The number of piperidine rings is 1. The Hall–Kier alpha value is -2.31. The highest BCUT2D eigenvalue weighted by Gasteiger charge is 2.43. The molecule has 1 aromatic heterocycles. The lowest BCUT2D eigenvalue weighted by Gasteiger charge is -2.49. The molecule has 0 aliphatic carbocycles. The monoisotopic (exact) mass is 397 g/mol. The van der Waals surface area contributed by atoms with Crippen LogP contribution in [0.4, 0.5) is 4.39 Å². The Bertz CT molecular complexity index is 837. The highest BCUT2D eigenvalue weighted by atomic mass is 19.1. The predicted octanol–water partition coefficient (Wildman–Crippen LogP) is 3.16. The topological polar surface area (TPSA) is 45.7 Å². The molecule has 0 radical (unpaired) electrons. The Labute approximate surface area is 171 Å². The number of nitrogens with zero attached hydrogens (tertiary/aromatic N) is 3. The number of pyridine rings is 1. The minimum absolute atomic E-state index is 0.0290. The van der Waals surface area contributed by atoms with Crippen molar-refractivity contribution in [2.24, 2.45) is 0 Å². The molecule has 6 heteroatoms. The zero-order valence-corrected chi connectivity index (χ0v) is 16.9. The van der Waals surface area contributed by atoms with Crippen molar-refractivity contribution in [2.75, 3.05) is 32.7 Å². The first-order valence-corrected chi connectivity index (χ1v) is 10.4. The van der Waals surface area contributed by atoms with E-state index in [2.05, 4.69) is 16.8 Å². The van der Waals surface area contributed by atoms with Crippen molar-refractivity contribution < 1.29 is 13.9 Å². The van der Waals surface area contributed by atoms with Crippen LogP contribution in [0.1, 0.15) is 35.7 Å². The van der Waals surface area contributed by atoms with Crippen LogP contribution in [-0.4, -0.2) is 65.1 Å². The van der Waals surface area contributed by atoms with Gasteiger partial charge in [0.15, 0.2) is 0 Å². The maximum absolute atomic E-state index is 13.3. The number of halogens is 1. The summed E-state index contributed by atoms with van der Waals surface area (Å²) in [6.45, 7) is 6.04. The van der Waals surface area contributed by atoms with E-state index >= 15 is 0 Å². The number of ether oxygens (including phenoxy) is 1. The van der Waals surface area contributed by atoms with Crippen LogP contribution in [0, 0.1) is 5.82 Å². The molecule has 0 bridgehead atoms. The Morgan fingerprint density at radius 2 is 2.00 bits per heavy atom. The molecule has 1 atom stereocenters. The van der Waals surface area contributed by atoms with Gasteiger partial charge in [0.05, 0.1) is 24.4 Å². The van der Waals surface area contributed by atoms with Gasteiger partial charge in [-0.25, -0.2) is 4.39 Å². The van der Waals surface area contributed by atoms with E-state index in [1.54, 1.807) is 12.3 Å². The fraction of sp³-hybridized carbons (Fsp3) is 0.478. The van der Waals surface area contributed by atoms with Crippen molar-refractivity contribution in [2.45, 2.75) is 37.9 Å². The van der Waals surface area contributed by atoms with Crippen LogP contribution in [0.25, 0.3) is 0 Å². The molecule has 0 N–H and O–H groups in total. The molecule has 154 valence electrons. The molecule has 1 amide bonds. The lowest BCUT2D eigenvalue weighted by atomic mass is 9.88. The molecule has 1 aromatic carbocycles. The summed E-state index contributed by atoms with van der Waals surface area (Å²) in [4.78, 5) is 21.2. The second-order valence-corrected chi connectivity index (χ2v) is 8.27. The van der Waals surface area contributed by atoms with Crippen molar-refractivity contribution in [1.82, 2.24) is 14.8 Å². The molecule has 5 nitrogen and oxygen atoms in total. The average Bonchev–Trinajstić information content (AvgIpc) is 2.73. The fourth-order valence-electron chi connectivity index (χ4n) is 4.48. The van der Waals surface area contributed by atoms with E-state index in [1.165, 1.54) is 6.20 Å². The van der Waals surface area contributed by atoms with Gasteiger partial charge >= 0.3 is 0 Å². The minimum atomic E-state index is -0.284. The molecular weight excluding hydrogens is 369 g/mol. The fourth-order valence-corrected chi connectivity index (χ4v) is 4.48. The zero-order chi connectivity index (χ0) is 20.3. The summed E-state index contributed by atoms with van der Waals surface area (Å²) in [6.07, 6.45) is 5.58.